The number of hydrogen-bond donors (Lipinski definition) is 1. The van der Waals surface area contributed by atoms with Crippen molar-refractivity contribution in [1.29, 1.82) is 0 Å². The Morgan fingerprint density at radius 2 is 1.83 bits per heavy atom. The number of benzene rings is 2. The van der Waals surface area contributed by atoms with Gasteiger partial charge in [-0.2, -0.15) is 13.1 Å². The first-order valence-corrected chi connectivity index (χ1v) is 11.0. The van der Waals surface area contributed by atoms with Gasteiger partial charge in [-0.3, -0.25) is 4.57 Å². The molecule has 1 aliphatic rings. The van der Waals surface area contributed by atoms with Crippen LogP contribution in [0, 0.1) is 0 Å². The molecule has 1 aliphatic heterocycles. The van der Waals surface area contributed by atoms with Crippen LogP contribution in [0.5, 0.6) is 5.75 Å². The molecule has 160 valence electrons. The predicted molar refractivity (Wildman–Crippen MR) is 108 cm³/mol. The number of para-hydroxylation sites is 2. The van der Waals surface area contributed by atoms with Crippen molar-refractivity contribution in [3.63, 3.8) is 0 Å². The number of aromatic amines is 1. The Morgan fingerprint density at radius 3 is 2.50 bits per heavy atom. The number of H-pyrrole nitrogens is 1. The molecule has 2 heterocycles. The summed E-state index contributed by atoms with van der Waals surface area (Å²) in [6.07, 6.45) is 0.919. The number of piperidine rings is 1. The summed E-state index contributed by atoms with van der Waals surface area (Å²) in [5.74, 6) is -0.289. The van der Waals surface area contributed by atoms with E-state index in [1.807, 2.05) is 24.3 Å². The van der Waals surface area contributed by atoms with E-state index in [9.17, 15) is 22.0 Å². The molecule has 0 aliphatic carbocycles. The highest BCUT2D eigenvalue weighted by Crippen LogP contribution is 2.32. The van der Waals surface area contributed by atoms with Crippen molar-refractivity contribution in [3.8, 4) is 5.75 Å². The highest BCUT2D eigenvalue weighted by atomic mass is 35.5. The lowest BCUT2D eigenvalue weighted by Gasteiger charge is -2.31. The molecule has 30 heavy (non-hydrogen) atoms. The van der Waals surface area contributed by atoms with Crippen LogP contribution in [-0.2, 0) is 10.0 Å². The fourth-order valence-electron chi connectivity index (χ4n) is 3.76. The van der Waals surface area contributed by atoms with Crippen molar-refractivity contribution in [2.75, 3.05) is 13.1 Å². The largest absolute Gasteiger partial charge is 0.433 e. The van der Waals surface area contributed by atoms with Crippen molar-refractivity contribution in [2.45, 2.75) is 30.4 Å². The van der Waals surface area contributed by atoms with E-state index in [0.29, 0.717) is 12.8 Å². The fraction of sp³-hybridized carbons (Fsp3) is 0.316. The van der Waals surface area contributed by atoms with Crippen LogP contribution in [0.1, 0.15) is 18.9 Å². The number of nitrogens with zero attached hydrogens (tertiary/aromatic N) is 2. The van der Waals surface area contributed by atoms with E-state index in [4.69, 9.17) is 11.6 Å². The molecule has 3 aromatic rings. The van der Waals surface area contributed by atoms with Crippen LogP contribution in [0.25, 0.3) is 11.0 Å². The monoisotopic (exact) mass is 457 g/mol. The molecule has 0 amide bonds. The van der Waals surface area contributed by atoms with Gasteiger partial charge < -0.3 is 9.72 Å². The average molecular weight is 458 g/mol. The Hall–Kier alpha value is -2.43. The quantitative estimate of drug-likeness (QED) is 0.634. The summed E-state index contributed by atoms with van der Waals surface area (Å²) in [7, 11) is -3.86. The fourth-order valence-corrected chi connectivity index (χ4v) is 5.55. The first-order valence-electron chi connectivity index (χ1n) is 9.21. The summed E-state index contributed by atoms with van der Waals surface area (Å²) in [5.41, 5.74) is 1.29. The summed E-state index contributed by atoms with van der Waals surface area (Å²) in [4.78, 5) is 15.1. The number of nitrogens with one attached hydrogen (secondary N) is 1. The Kier molecular flexibility index (Phi) is 5.56. The standard InChI is InChI=1S/C19H18ClF2N3O4S/c20-14-11-13(5-6-17(14)29-18(21)22)30(27,28)24-9-7-12(8-10-24)25-16-4-2-1-3-15(16)23-19(25)26/h1-6,11-12,18H,7-10H2,(H,23,26). The highest BCUT2D eigenvalue weighted by molar-refractivity contribution is 7.89. The zero-order valence-corrected chi connectivity index (χ0v) is 17.2. The maximum absolute atomic E-state index is 12.9. The first-order chi connectivity index (χ1) is 14.3. The van der Waals surface area contributed by atoms with Crippen LogP contribution in [0.3, 0.4) is 0 Å². The zero-order valence-electron chi connectivity index (χ0n) is 15.6. The number of rotatable bonds is 5. The summed E-state index contributed by atoms with van der Waals surface area (Å²) >= 11 is 5.90. The molecule has 1 N–H and O–H groups in total. The Bertz CT molecular complexity index is 1230. The van der Waals surface area contributed by atoms with Crippen LogP contribution >= 0.6 is 11.6 Å². The van der Waals surface area contributed by atoms with Gasteiger partial charge in [0.2, 0.25) is 10.0 Å². The lowest BCUT2D eigenvalue weighted by atomic mass is 10.1. The number of sulfonamides is 1. The van der Waals surface area contributed by atoms with Gasteiger partial charge in [0.1, 0.15) is 5.75 Å². The molecule has 0 atom stereocenters. The number of aromatic nitrogens is 2. The summed E-state index contributed by atoms with van der Waals surface area (Å²) in [6, 6.07) is 10.6. The first kappa shape index (κ1) is 20.8. The molecule has 0 saturated carbocycles. The molecule has 7 nitrogen and oxygen atoms in total. The third kappa shape index (κ3) is 3.82. The minimum Gasteiger partial charge on any atom is -0.433 e. The normalized spacial score (nSPS) is 16.4. The van der Waals surface area contributed by atoms with E-state index in [-0.39, 0.29) is 40.5 Å². The smallest absolute Gasteiger partial charge is 0.387 e. The Morgan fingerprint density at radius 1 is 1.13 bits per heavy atom. The predicted octanol–water partition coefficient (Wildman–Crippen LogP) is 3.61. The summed E-state index contributed by atoms with van der Waals surface area (Å²) in [6.45, 7) is -2.63. The average Bonchev–Trinajstić information content (AvgIpc) is 3.05. The number of fused-ring (bicyclic) bond motifs is 1. The molecular weight excluding hydrogens is 440 g/mol. The third-order valence-electron chi connectivity index (χ3n) is 5.17. The van der Waals surface area contributed by atoms with E-state index in [0.717, 1.165) is 23.2 Å². The summed E-state index contributed by atoms with van der Waals surface area (Å²) < 4.78 is 57.9. The van der Waals surface area contributed by atoms with Crippen LogP contribution in [0.15, 0.2) is 52.2 Å². The molecule has 0 spiro atoms. The molecule has 0 bridgehead atoms. The second-order valence-corrected chi connectivity index (χ2v) is 9.27. The molecule has 2 aromatic carbocycles. The van der Waals surface area contributed by atoms with Gasteiger partial charge in [0.25, 0.3) is 0 Å². The molecular formula is C19H18ClF2N3O4S. The SMILES string of the molecule is O=c1[nH]c2ccccc2n1C1CCN(S(=O)(=O)c2ccc(OC(F)F)c(Cl)c2)CC1. The van der Waals surface area contributed by atoms with Crippen molar-refractivity contribution in [1.82, 2.24) is 13.9 Å². The molecule has 1 saturated heterocycles. The van der Waals surface area contributed by atoms with Crippen molar-refractivity contribution in [2.24, 2.45) is 0 Å². The van der Waals surface area contributed by atoms with Gasteiger partial charge in [-0.05, 0) is 43.2 Å². The van der Waals surface area contributed by atoms with Crippen molar-refractivity contribution in [3.05, 3.63) is 58.0 Å². The van der Waals surface area contributed by atoms with E-state index < -0.39 is 16.6 Å². The van der Waals surface area contributed by atoms with Crippen molar-refractivity contribution >= 4 is 32.7 Å². The summed E-state index contributed by atoms with van der Waals surface area (Å²) in [5, 5.41) is -0.211. The molecule has 0 unspecified atom stereocenters. The van der Waals surface area contributed by atoms with Gasteiger partial charge in [0.15, 0.2) is 0 Å². The molecule has 0 radical (unpaired) electrons. The van der Waals surface area contributed by atoms with Crippen LogP contribution in [0.2, 0.25) is 5.02 Å². The number of ether oxygens (including phenoxy) is 1. The minimum absolute atomic E-state index is 0.100. The number of alkyl halides is 2. The third-order valence-corrected chi connectivity index (χ3v) is 7.36. The van der Waals surface area contributed by atoms with Crippen LogP contribution in [0.4, 0.5) is 8.78 Å². The Balaban J connectivity index is 1.53. The van der Waals surface area contributed by atoms with Crippen LogP contribution in [-0.4, -0.2) is 42.0 Å². The van der Waals surface area contributed by atoms with E-state index in [1.165, 1.54) is 10.4 Å². The Labute approximate surface area is 175 Å². The van der Waals surface area contributed by atoms with E-state index in [1.54, 1.807) is 4.57 Å². The maximum atomic E-state index is 12.9. The van der Waals surface area contributed by atoms with E-state index in [2.05, 4.69) is 9.72 Å². The number of imidazole rings is 1. The van der Waals surface area contributed by atoms with Gasteiger partial charge in [0.05, 0.1) is 21.0 Å². The second-order valence-electron chi connectivity index (χ2n) is 6.92. The van der Waals surface area contributed by atoms with Gasteiger partial charge in [-0.1, -0.05) is 23.7 Å². The van der Waals surface area contributed by atoms with Gasteiger partial charge in [-0.25, -0.2) is 13.2 Å². The highest BCUT2D eigenvalue weighted by Gasteiger charge is 2.31. The molecule has 1 fully saturated rings. The molecule has 4 rings (SSSR count). The molecule has 1 aromatic heterocycles. The maximum Gasteiger partial charge on any atom is 0.387 e. The van der Waals surface area contributed by atoms with Gasteiger partial charge >= 0.3 is 12.3 Å². The minimum atomic E-state index is -3.86. The topological polar surface area (TPSA) is 84.4 Å². The zero-order chi connectivity index (χ0) is 21.5. The lowest BCUT2D eigenvalue weighted by Crippen LogP contribution is -2.40. The van der Waals surface area contributed by atoms with Gasteiger partial charge in [-0.15, -0.1) is 0 Å². The lowest BCUT2D eigenvalue weighted by molar-refractivity contribution is -0.0498. The van der Waals surface area contributed by atoms with Crippen molar-refractivity contribution < 1.29 is 21.9 Å². The second kappa shape index (κ2) is 8.01. The number of hydrogen-bond acceptors (Lipinski definition) is 4. The van der Waals surface area contributed by atoms with Crippen LogP contribution < -0.4 is 10.4 Å². The number of halogens is 3. The van der Waals surface area contributed by atoms with Gasteiger partial charge in [0, 0.05) is 19.1 Å². The molecule has 11 heteroatoms. The van der Waals surface area contributed by atoms with E-state index >= 15 is 0 Å².